The van der Waals surface area contributed by atoms with Crippen molar-refractivity contribution in [2.24, 2.45) is 7.05 Å². The number of carbonyl (C=O) groups is 1. The summed E-state index contributed by atoms with van der Waals surface area (Å²) in [6.45, 7) is 0.644. The number of aromatic nitrogens is 2. The van der Waals surface area contributed by atoms with Crippen LogP contribution in [-0.2, 0) is 13.6 Å². The van der Waals surface area contributed by atoms with Crippen molar-refractivity contribution in [2.45, 2.75) is 6.54 Å². The van der Waals surface area contributed by atoms with Gasteiger partial charge in [0.25, 0.3) is 5.91 Å². The normalized spacial score (nSPS) is 12.4. The van der Waals surface area contributed by atoms with Gasteiger partial charge in [-0.2, -0.15) is 5.10 Å². The van der Waals surface area contributed by atoms with Gasteiger partial charge >= 0.3 is 0 Å². The Morgan fingerprint density at radius 1 is 1.29 bits per heavy atom. The Morgan fingerprint density at radius 2 is 2.17 bits per heavy atom. The maximum absolute atomic E-state index is 12.3. The molecule has 1 amide bonds. The van der Waals surface area contributed by atoms with Crippen LogP contribution in [0.4, 0.5) is 0 Å². The minimum absolute atomic E-state index is 0.203. The van der Waals surface area contributed by atoms with Crippen molar-refractivity contribution >= 4 is 17.2 Å². The topological polar surface area (TPSA) is 65.4 Å². The van der Waals surface area contributed by atoms with Crippen molar-refractivity contribution in [1.82, 2.24) is 15.1 Å². The molecule has 3 aromatic rings. The van der Waals surface area contributed by atoms with E-state index in [2.05, 4.69) is 10.4 Å². The smallest absolute Gasteiger partial charge is 0.272 e. The van der Waals surface area contributed by atoms with Crippen molar-refractivity contribution in [2.75, 3.05) is 6.79 Å². The Labute approximate surface area is 142 Å². The number of fused-ring (bicyclic) bond motifs is 1. The fourth-order valence-corrected chi connectivity index (χ4v) is 3.33. The van der Waals surface area contributed by atoms with E-state index in [1.165, 1.54) is 0 Å². The first-order valence-electron chi connectivity index (χ1n) is 7.45. The van der Waals surface area contributed by atoms with Crippen molar-refractivity contribution in [3.8, 4) is 22.1 Å². The fourth-order valence-electron chi connectivity index (χ4n) is 2.56. The molecule has 7 heteroatoms. The maximum atomic E-state index is 12.3. The van der Waals surface area contributed by atoms with Crippen molar-refractivity contribution in [1.29, 1.82) is 0 Å². The van der Waals surface area contributed by atoms with Gasteiger partial charge in [0.1, 0.15) is 0 Å². The molecule has 0 bridgehead atoms. The lowest BCUT2D eigenvalue weighted by molar-refractivity contribution is 0.0945. The molecule has 1 aliphatic rings. The number of hydrogen-bond acceptors (Lipinski definition) is 5. The summed E-state index contributed by atoms with van der Waals surface area (Å²) in [5.74, 6) is 1.24. The number of rotatable bonds is 4. The van der Waals surface area contributed by atoms with Crippen LogP contribution in [0.25, 0.3) is 10.6 Å². The highest BCUT2D eigenvalue weighted by Crippen LogP contribution is 2.32. The molecule has 0 saturated carbocycles. The summed E-state index contributed by atoms with van der Waals surface area (Å²) in [7, 11) is 1.84. The second kappa shape index (κ2) is 6.01. The van der Waals surface area contributed by atoms with E-state index in [4.69, 9.17) is 9.47 Å². The quantitative estimate of drug-likeness (QED) is 0.792. The van der Waals surface area contributed by atoms with E-state index < -0.39 is 0 Å². The number of carbonyl (C=O) groups excluding carboxylic acids is 1. The van der Waals surface area contributed by atoms with Gasteiger partial charge in [0, 0.05) is 13.6 Å². The Hall–Kier alpha value is -2.80. The number of amides is 1. The molecule has 0 atom stereocenters. The predicted molar refractivity (Wildman–Crippen MR) is 90.3 cm³/mol. The Bertz CT molecular complexity index is 887. The van der Waals surface area contributed by atoms with E-state index in [-0.39, 0.29) is 12.7 Å². The van der Waals surface area contributed by atoms with Crippen LogP contribution in [-0.4, -0.2) is 22.5 Å². The molecule has 0 radical (unpaired) electrons. The third-order valence-corrected chi connectivity index (χ3v) is 4.67. The van der Waals surface area contributed by atoms with Gasteiger partial charge in [-0.15, -0.1) is 11.3 Å². The molecule has 1 aromatic carbocycles. The molecule has 1 N–H and O–H groups in total. The third kappa shape index (κ3) is 2.74. The largest absolute Gasteiger partial charge is 0.454 e. The number of aryl methyl sites for hydroxylation is 1. The van der Waals surface area contributed by atoms with Gasteiger partial charge in [0.2, 0.25) is 6.79 Å². The molecule has 1 aliphatic heterocycles. The lowest BCUT2D eigenvalue weighted by Gasteiger charge is -2.04. The lowest BCUT2D eigenvalue weighted by atomic mass is 10.2. The summed E-state index contributed by atoms with van der Waals surface area (Å²) in [4.78, 5) is 13.4. The van der Waals surface area contributed by atoms with Crippen LogP contribution < -0.4 is 14.8 Å². The Kier molecular flexibility index (Phi) is 3.70. The fraction of sp³-hybridized carbons (Fsp3) is 0.176. The highest BCUT2D eigenvalue weighted by molar-refractivity contribution is 7.13. The van der Waals surface area contributed by atoms with Gasteiger partial charge in [-0.1, -0.05) is 12.1 Å². The number of nitrogens with one attached hydrogen (secondary N) is 1. The molecule has 2 aromatic heterocycles. The van der Waals surface area contributed by atoms with Gasteiger partial charge in [0.05, 0.1) is 10.6 Å². The molecular weight excluding hydrogens is 326 g/mol. The van der Waals surface area contributed by atoms with Crippen molar-refractivity contribution < 1.29 is 14.3 Å². The second-order valence-electron chi connectivity index (χ2n) is 5.39. The second-order valence-corrected chi connectivity index (χ2v) is 6.33. The van der Waals surface area contributed by atoms with Gasteiger partial charge in [-0.3, -0.25) is 9.48 Å². The number of nitrogens with zero attached hydrogens (tertiary/aromatic N) is 2. The Balaban J connectivity index is 1.46. The molecule has 6 nitrogen and oxygen atoms in total. The van der Waals surface area contributed by atoms with Crippen LogP contribution in [0.1, 0.15) is 16.1 Å². The highest BCUT2D eigenvalue weighted by atomic mass is 32.1. The standard InChI is InChI=1S/C17H15N3O3S/c1-20-13(16-3-2-6-24-16)8-12(19-20)17(21)18-9-11-4-5-14-15(7-11)23-10-22-14/h2-8H,9-10H2,1H3,(H,18,21). The van der Waals surface area contributed by atoms with E-state index in [0.717, 1.165) is 21.9 Å². The summed E-state index contributed by atoms with van der Waals surface area (Å²) >= 11 is 1.62. The maximum Gasteiger partial charge on any atom is 0.272 e. The number of hydrogen-bond donors (Lipinski definition) is 1. The van der Waals surface area contributed by atoms with Gasteiger partial charge < -0.3 is 14.8 Å². The lowest BCUT2D eigenvalue weighted by Crippen LogP contribution is -2.23. The molecule has 122 valence electrons. The first-order chi connectivity index (χ1) is 11.7. The zero-order valence-corrected chi connectivity index (χ0v) is 13.8. The molecular formula is C17H15N3O3S. The van der Waals surface area contributed by atoms with Crippen molar-refractivity contribution in [3.05, 3.63) is 53.0 Å². The summed E-state index contributed by atoms with van der Waals surface area (Å²) in [5.41, 5.74) is 2.28. The summed E-state index contributed by atoms with van der Waals surface area (Å²) in [5, 5.41) is 9.19. The minimum Gasteiger partial charge on any atom is -0.454 e. The summed E-state index contributed by atoms with van der Waals surface area (Å²) in [6.07, 6.45) is 0. The van der Waals surface area contributed by atoms with Gasteiger partial charge in [-0.05, 0) is 35.2 Å². The molecule has 4 rings (SSSR count). The Morgan fingerprint density at radius 3 is 3.00 bits per heavy atom. The van der Waals surface area contributed by atoms with Crippen LogP contribution in [0.3, 0.4) is 0 Å². The first kappa shape index (κ1) is 14.8. The number of ether oxygens (including phenoxy) is 2. The average molecular weight is 341 g/mol. The molecule has 0 unspecified atom stereocenters. The van der Waals surface area contributed by atoms with E-state index >= 15 is 0 Å². The highest BCUT2D eigenvalue weighted by Gasteiger charge is 2.16. The van der Waals surface area contributed by atoms with Crippen LogP contribution in [0, 0.1) is 0 Å². The van der Waals surface area contributed by atoms with Crippen LogP contribution in [0.2, 0.25) is 0 Å². The van der Waals surface area contributed by atoms with Crippen molar-refractivity contribution in [3.63, 3.8) is 0 Å². The molecule has 3 heterocycles. The summed E-state index contributed by atoms with van der Waals surface area (Å²) in [6, 6.07) is 11.4. The monoisotopic (exact) mass is 341 g/mol. The minimum atomic E-state index is -0.203. The molecule has 0 aliphatic carbocycles. The van der Waals surface area contributed by atoms with Crippen LogP contribution >= 0.6 is 11.3 Å². The number of benzene rings is 1. The molecule has 24 heavy (non-hydrogen) atoms. The van der Waals surface area contributed by atoms with Crippen LogP contribution in [0.15, 0.2) is 41.8 Å². The van der Waals surface area contributed by atoms with Gasteiger partial charge in [0.15, 0.2) is 17.2 Å². The molecule has 0 saturated heterocycles. The van der Waals surface area contributed by atoms with Gasteiger partial charge in [-0.25, -0.2) is 0 Å². The van der Waals surface area contributed by atoms with E-state index in [0.29, 0.717) is 18.0 Å². The molecule has 0 spiro atoms. The third-order valence-electron chi connectivity index (χ3n) is 3.78. The zero-order valence-electron chi connectivity index (χ0n) is 13.0. The SMILES string of the molecule is Cn1nc(C(=O)NCc2ccc3c(c2)OCO3)cc1-c1cccs1. The predicted octanol–water partition coefficient (Wildman–Crippen LogP) is 2.81. The number of thiophene rings is 1. The van der Waals surface area contributed by atoms with E-state index in [1.807, 2.05) is 42.8 Å². The molecule has 0 fully saturated rings. The average Bonchev–Trinajstić information content (AvgIpc) is 3.31. The first-order valence-corrected chi connectivity index (χ1v) is 8.33. The zero-order chi connectivity index (χ0) is 16.5. The van der Waals surface area contributed by atoms with E-state index in [1.54, 1.807) is 22.1 Å². The van der Waals surface area contributed by atoms with E-state index in [9.17, 15) is 4.79 Å². The van der Waals surface area contributed by atoms with Crippen LogP contribution in [0.5, 0.6) is 11.5 Å². The summed E-state index contributed by atoms with van der Waals surface area (Å²) < 4.78 is 12.3.